The SMILES string of the molecule is Cc1cc(CNC(=O)COC2(C)CNC2)no1. The zero-order valence-electron chi connectivity index (χ0n) is 10.1. The van der Waals surface area contributed by atoms with Gasteiger partial charge in [0.15, 0.2) is 0 Å². The van der Waals surface area contributed by atoms with Crippen molar-refractivity contribution in [3.63, 3.8) is 0 Å². The molecule has 6 nitrogen and oxygen atoms in total. The van der Waals surface area contributed by atoms with Crippen molar-refractivity contribution in [1.29, 1.82) is 0 Å². The topological polar surface area (TPSA) is 76.4 Å². The van der Waals surface area contributed by atoms with Crippen molar-refractivity contribution in [2.45, 2.75) is 26.0 Å². The summed E-state index contributed by atoms with van der Waals surface area (Å²) in [4.78, 5) is 11.5. The number of aryl methyl sites for hydroxylation is 1. The van der Waals surface area contributed by atoms with Gasteiger partial charge in [0, 0.05) is 19.2 Å². The lowest BCUT2D eigenvalue weighted by Crippen LogP contribution is -2.59. The number of carbonyl (C=O) groups is 1. The number of carbonyl (C=O) groups excluding carboxylic acids is 1. The first-order chi connectivity index (χ1) is 8.07. The first-order valence-electron chi connectivity index (χ1n) is 5.61. The highest BCUT2D eigenvalue weighted by Gasteiger charge is 2.32. The zero-order valence-corrected chi connectivity index (χ0v) is 10.1. The second-order valence-electron chi connectivity index (χ2n) is 4.55. The molecular formula is C11H17N3O3. The fourth-order valence-corrected chi connectivity index (χ4v) is 1.56. The molecule has 2 heterocycles. The molecule has 2 rings (SSSR count). The van der Waals surface area contributed by atoms with Crippen molar-refractivity contribution in [1.82, 2.24) is 15.8 Å². The average Bonchev–Trinajstić information content (AvgIpc) is 2.67. The van der Waals surface area contributed by atoms with Crippen LogP contribution in [0.3, 0.4) is 0 Å². The summed E-state index contributed by atoms with van der Waals surface area (Å²) in [7, 11) is 0. The summed E-state index contributed by atoms with van der Waals surface area (Å²) >= 11 is 0. The van der Waals surface area contributed by atoms with Gasteiger partial charge >= 0.3 is 0 Å². The number of rotatable bonds is 5. The Kier molecular flexibility index (Phi) is 3.44. The molecule has 1 fully saturated rings. The third-order valence-corrected chi connectivity index (χ3v) is 2.69. The molecule has 0 unspecified atom stereocenters. The van der Waals surface area contributed by atoms with Crippen LogP contribution in [0, 0.1) is 6.92 Å². The molecule has 0 aromatic carbocycles. The number of aromatic nitrogens is 1. The van der Waals surface area contributed by atoms with E-state index in [-0.39, 0.29) is 18.1 Å². The number of hydrogen-bond acceptors (Lipinski definition) is 5. The lowest BCUT2D eigenvalue weighted by atomic mass is 10.0. The molecule has 1 saturated heterocycles. The van der Waals surface area contributed by atoms with E-state index in [0.29, 0.717) is 12.2 Å². The largest absolute Gasteiger partial charge is 0.363 e. The predicted molar refractivity (Wildman–Crippen MR) is 60.3 cm³/mol. The third-order valence-electron chi connectivity index (χ3n) is 2.69. The summed E-state index contributed by atoms with van der Waals surface area (Å²) in [5, 5.41) is 9.62. The van der Waals surface area contributed by atoms with Crippen LogP contribution in [0.5, 0.6) is 0 Å². The summed E-state index contributed by atoms with van der Waals surface area (Å²) in [5.41, 5.74) is 0.523. The van der Waals surface area contributed by atoms with Crippen LogP contribution in [0.1, 0.15) is 18.4 Å². The molecule has 0 bridgehead atoms. The second kappa shape index (κ2) is 4.85. The zero-order chi connectivity index (χ0) is 12.3. The van der Waals surface area contributed by atoms with Crippen LogP contribution in [0.25, 0.3) is 0 Å². The molecule has 1 aromatic heterocycles. The minimum absolute atomic E-state index is 0.0784. The molecular weight excluding hydrogens is 222 g/mol. The lowest BCUT2D eigenvalue weighted by Gasteiger charge is -2.38. The first kappa shape index (κ1) is 12.1. The first-order valence-corrected chi connectivity index (χ1v) is 5.61. The Morgan fingerprint density at radius 2 is 2.47 bits per heavy atom. The smallest absolute Gasteiger partial charge is 0.246 e. The highest BCUT2D eigenvalue weighted by atomic mass is 16.5. The van der Waals surface area contributed by atoms with Crippen molar-refractivity contribution in [2.75, 3.05) is 19.7 Å². The van der Waals surface area contributed by atoms with Crippen LogP contribution in [-0.4, -0.2) is 36.4 Å². The van der Waals surface area contributed by atoms with E-state index in [4.69, 9.17) is 9.26 Å². The average molecular weight is 239 g/mol. The van der Waals surface area contributed by atoms with Crippen LogP contribution in [0.15, 0.2) is 10.6 Å². The number of ether oxygens (including phenoxy) is 1. The normalized spacial score (nSPS) is 17.5. The quantitative estimate of drug-likeness (QED) is 0.755. The van der Waals surface area contributed by atoms with Gasteiger partial charge in [0.2, 0.25) is 5.91 Å². The van der Waals surface area contributed by atoms with Gasteiger partial charge in [-0.1, -0.05) is 5.16 Å². The monoisotopic (exact) mass is 239 g/mol. The minimum atomic E-state index is -0.193. The highest BCUT2D eigenvalue weighted by Crippen LogP contribution is 2.14. The van der Waals surface area contributed by atoms with E-state index < -0.39 is 0 Å². The number of nitrogens with zero attached hydrogens (tertiary/aromatic N) is 1. The van der Waals surface area contributed by atoms with E-state index in [1.807, 2.05) is 13.8 Å². The van der Waals surface area contributed by atoms with E-state index in [2.05, 4.69) is 15.8 Å². The minimum Gasteiger partial charge on any atom is -0.363 e. The molecule has 6 heteroatoms. The molecule has 2 N–H and O–H groups in total. The van der Waals surface area contributed by atoms with Crippen LogP contribution < -0.4 is 10.6 Å². The maximum Gasteiger partial charge on any atom is 0.246 e. The molecule has 94 valence electrons. The Labute approximate surface area is 99.7 Å². The molecule has 1 aliphatic heterocycles. The van der Waals surface area contributed by atoms with Crippen molar-refractivity contribution in [3.05, 3.63) is 17.5 Å². The maximum atomic E-state index is 11.5. The summed E-state index contributed by atoms with van der Waals surface area (Å²) in [6.45, 7) is 5.83. The predicted octanol–water partition coefficient (Wildman–Crippen LogP) is -0.0223. The summed E-state index contributed by atoms with van der Waals surface area (Å²) in [5.74, 6) is 0.595. The Balaban J connectivity index is 1.67. The standard InChI is InChI=1S/C11H17N3O3/c1-8-3-9(14-17-8)4-13-10(15)5-16-11(2)6-12-7-11/h3,12H,4-7H2,1-2H3,(H,13,15). The fraction of sp³-hybridized carbons (Fsp3) is 0.636. The summed E-state index contributed by atoms with van der Waals surface area (Å²) in [6.07, 6.45) is 0. The van der Waals surface area contributed by atoms with Gasteiger partial charge in [0.1, 0.15) is 18.1 Å². The Morgan fingerprint density at radius 1 is 1.71 bits per heavy atom. The van der Waals surface area contributed by atoms with Crippen molar-refractivity contribution < 1.29 is 14.1 Å². The van der Waals surface area contributed by atoms with E-state index in [1.54, 1.807) is 6.07 Å². The Hall–Kier alpha value is -1.40. The van der Waals surface area contributed by atoms with Gasteiger partial charge in [-0.15, -0.1) is 0 Å². The van der Waals surface area contributed by atoms with Crippen molar-refractivity contribution in [3.8, 4) is 0 Å². The van der Waals surface area contributed by atoms with Crippen molar-refractivity contribution >= 4 is 5.91 Å². The van der Waals surface area contributed by atoms with E-state index in [0.717, 1.165) is 18.8 Å². The van der Waals surface area contributed by atoms with Gasteiger partial charge in [-0.3, -0.25) is 4.79 Å². The van der Waals surface area contributed by atoms with Crippen molar-refractivity contribution in [2.24, 2.45) is 0 Å². The van der Waals surface area contributed by atoms with Gasteiger partial charge < -0.3 is 19.9 Å². The highest BCUT2D eigenvalue weighted by molar-refractivity contribution is 5.77. The van der Waals surface area contributed by atoms with E-state index in [9.17, 15) is 4.79 Å². The molecule has 0 atom stereocenters. The fourth-order valence-electron chi connectivity index (χ4n) is 1.56. The van der Waals surface area contributed by atoms with Crippen LogP contribution in [0.4, 0.5) is 0 Å². The van der Waals surface area contributed by atoms with E-state index >= 15 is 0 Å². The summed E-state index contributed by atoms with van der Waals surface area (Å²) < 4.78 is 10.4. The molecule has 1 aliphatic rings. The van der Waals surface area contributed by atoms with E-state index in [1.165, 1.54) is 0 Å². The molecule has 1 aromatic rings. The van der Waals surface area contributed by atoms with Gasteiger partial charge in [0.05, 0.1) is 12.1 Å². The molecule has 1 amide bonds. The van der Waals surface area contributed by atoms with Crippen LogP contribution in [0.2, 0.25) is 0 Å². The van der Waals surface area contributed by atoms with Gasteiger partial charge in [-0.2, -0.15) is 0 Å². The lowest BCUT2D eigenvalue weighted by molar-refractivity contribution is -0.136. The third kappa shape index (κ3) is 3.28. The second-order valence-corrected chi connectivity index (χ2v) is 4.55. The Bertz CT molecular complexity index is 398. The number of nitrogens with one attached hydrogen (secondary N) is 2. The Morgan fingerprint density at radius 3 is 3.00 bits per heavy atom. The summed E-state index contributed by atoms with van der Waals surface area (Å²) in [6, 6.07) is 1.79. The number of hydrogen-bond donors (Lipinski definition) is 2. The molecule has 0 radical (unpaired) electrons. The molecule has 17 heavy (non-hydrogen) atoms. The maximum absolute atomic E-state index is 11.5. The molecule has 0 spiro atoms. The molecule has 0 saturated carbocycles. The van der Waals surface area contributed by atoms with Gasteiger partial charge in [-0.05, 0) is 13.8 Å². The number of amides is 1. The molecule has 0 aliphatic carbocycles. The van der Waals surface area contributed by atoms with Crippen LogP contribution >= 0.6 is 0 Å². The van der Waals surface area contributed by atoms with Gasteiger partial charge in [0.25, 0.3) is 0 Å². The van der Waals surface area contributed by atoms with Crippen LogP contribution in [-0.2, 0) is 16.1 Å². The van der Waals surface area contributed by atoms with Gasteiger partial charge in [-0.25, -0.2) is 0 Å².